The molecule has 0 amide bonds. The van der Waals surface area contributed by atoms with Crippen molar-refractivity contribution in [2.45, 2.75) is 57.8 Å². The number of rotatable bonds is 3. The second kappa shape index (κ2) is 5.46. The van der Waals surface area contributed by atoms with Crippen molar-refractivity contribution < 1.29 is 13.2 Å². The van der Waals surface area contributed by atoms with Crippen LogP contribution in [0.3, 0.4) is 0 Å². The lowest BCUT2D eigenvalue weighted by molar-refractivity contribution is -0.0441. The number of hydrogen-bond acceptors (Lipinski definition) is 4. The summed E-state index contributed by atoms with van der Waals surface area (Å²) in [5.41, 5.74) is 0.547. The Balaban J connectivity index is 2.35. The second-order valence-corrected chi connectivity index (χ2v) is 7.64. The lowest BCUT2D eigenvalue weighted by Crippen LogP contribution is -2.48. The van der Waals surface area contributed by atoms with Crippen molar-refractivity contribution in [3.05, 3.63) is 11.9 Å². The molecule has 2 rings (SSSR count). The number of sulfonamides is 1. The molecular weight excluding hydrogens is 278 g/mol. The lowest BCUT2D eigenvalue weighted by Gasteiger charge is -2.34. The predicted molar refractivity (Wildman–Crippen MR) is 76.1 cm³/mol. The van der Waals surface area contributed by atoms with Gasteiger partial charge in [0.25, 0.3) is 0 Å². The van der Waals surface area contributed by atoms with E-state index in [-0.39, 0.29) is 18.2 Å². The number of aromatic nitrogens is 2. The van der Waals surface area contributed by atoms with E-state index in [0.717, 1.165) is 0 Å². The van der Waals surface area contributed by atoms with Crippen molar-refractivity contribution in [3.63, 3.8) is 0 Å². The molecule has 0 saturated carbocycles. The highest BCUT2D eigenvalue weighted by Gasteiger charge is 2.34. The molecule has 1 aromatic rings. The van der Waals surface area contributed by atoms with Crippen LogP contribution in [0.5, 0.6) is 0 Å². The van der Waals surface area contributed by atoms with Gasteiger partial charge in [0.15, 0.2) is 0 Å². The number of hydrogen-bond donors (Lipinski definition) is 0. The van der Waals surface area contributed by atoms with E-state index in [9.17, 15) is 8.42 Å². The fourth-order valence-corrected chi connectivity index (χ4v) is 4.19. The molecule has 6 nitrogen and oxygen atoms in total. The van der Waals surface area contributed by atoms with Gasteiger partial charge < -0.3 is 4.74 Å². The zero-order valence-corrected chi connectivity index (χ0v) is 13.5. The Kier molecular flexibility index (Phi) is 4.22. The summed E-state index contributed by atoms with van der Waals surface area (Å²) in [4.78, 5) is 0.299. The second-order valence-electron chi connectivity index (χ2n) is 5.73. The Morgan fingerprint density at radius 2 is 1.85 bits per heavy atom. The summed E-state index contributed by atoms with van der Waals surface area (Å²) in [7, 11) is -3.50. The molecule has 1 fully saturated rings. The van der Waals surface area contributed by atoms with Gasteiger partial charge in [-0.2, -0.15) is 9.40 Å². The third kappa shape index (κ3) is 2.89. The van der Waals surface area contributed by atoms with Crippen LogP contribution in [0.15, 0.2) is 11.1 Å². The average molecular weight is 301 g/mol. The van der Waals surface area contributed by atoms with Crippen LogP contribution in [0.4, 0.5) is 0 Å². The number of morpholine rings is 1. The molecule has 2 unspecified atom stereocenters. The Hall–Kier alpha value is -0.920. The van der Waals surface area contributed by atoms with Gasteiger partial charge in [-0.3, -0.25) is 4.68 Å². The fraction of sp³-hybridized carbons (Fsp3) is 0.769. The average Bonchev–Trinajstić information content (AvgIpc) is 2.71. The predicted octanol–water partition coefficient (Wildman–Crippen LogP) is 1.57. The van der Waals surface area contributed by atoms with Gasteiger partial charge in [-0.15, -0.1) is 0 Å². The standard InChI is InChI=1S/C13H23N3O3S/c1-9(2)16-8-13(12(5)14-16)20(17,18)15-6-10(3)19-11(4)7-15/h8-11H,6-7H2,1-5H3. The number of ether oxygens (including phenoxy) is 1. The van der Waals surface area contributed by atoms with Crippen molar-refractivity contribution in [1.29, 1.82) is 0 Å². The normalized spacial score (nSPS) is 25.3. The van der Waals surface area contributed by atoms with Gasteiger partial charge in [-0.25, -0.2) is 8.42 Å². The SMILES string of the molecule is Cc1nn(C(C)C)cc1S(=O)(=O)N1CC(C)OC(C)C1. The molecule has 1 aliphatic rings. The van der Waals surface area contributed by atoms with Crippen molar-refractivity contribution in [2.75, 3.05) is 13.1 Å². The molecule has 0 N–H and O–H groups in total. The zero-order chi connectivity index (χ0) is 15.1. The minimum absolute atomic E-state index is 0.0889. The molecular formula is C13H23N3O3S. The maximum Gasteiger partial charge on any atom is 0.246 e. The van der Waals surface area contributed by atoms with E-state index in [2.05, 4.69) is 5.10 Å². The molecule has 0 spiro atoms. The quantitative estimate of drug-likeness (QED) is 0.850. The van der Waals surface area contributed by atoms with Crippen LogP contribution in [0.25, 0.3) is 0 Å². The van der Waals surface area contributed by atoms with Gasteiger partial charge in [-0.1, -0.05) is 0 Å². The smallest absolute Gasteiger partial charge is 0.246 e. The van der Waals surface area contributed by atoms with Crippen molar-refractivity contribution in [1.82, 2.24) is 14.1 Å². The van der Waals surface area contributed by atoms with Crippen LogP contribution in [0.2, 0.25) is 0 Å². The van der Waals surface area contributed by atoms with E-state index in [1.54, 1.807) is 17.8 Å². The van der Waals surface area contributed by atoms with Gasteiger partial charge in [0.05, 0.1) is 17.9 Å². The van der Waals surface area contributed by atoms with Crippen molar-refractivity contribution in [2.24, 2.45) is 0 Å². The lowest BCUT2D eigenvalue weighted by atomic mass is 10.3. The molecule has 0 radical (unpaired) electrons. The largest absolute Gasteiger partial charge is 0.373 e. The molecule has 7 heteroatoms. The molecule has 1 aromatic heterocycles. The van der Waals surface area contributed by atoms with Crippen LogP contribution in [0.1, 0.15) is 39.4 Å². The van der Waals surface area contributed by atoms with Gasteiger partial charge in [0.2, 0.25) is 10.0 Å². The first-order valence-corrected chi connectivity index (χ1v) is 8.37. The van der Waals surface area contributed by atoms with E-state index in [4.69, 9.17) is 4.74 Å². The summed E-state index contributed by atoms with van der Waals surface area (Å²) in [5, 5.41) is 4.29. The highest BCUT2D eigenvalue weighted by molar-refractivity contribution is 7.89. The topological polar surface area (TPSA) is 64.4 Å². The Morgan fingerprint density at radius 3 is 2.30 bits per heavy atom. The molecule has 1 aliphatic heterocycles. The van der Waals surface area contributed by atoms with Gasteiger partial charge in [0, 0.05) is 25.3 Å². The first-order chi connectivity index (χ1) is 9.21. The number of aryl methyl sites for hydroxylation is 1. The van der Waals surface area contributed by atoms with Crippen LogP contribution >= 0.6 is 0 Å². The van der Waals surface area contributed by atoms with E-state index < -0.39 is 10.0 Å². The molecule has 2 heterocycles. The highest BCUT2D eigenvalue weighted by atomic mass is 32.2. The molecule has 2 atom stereocenters. The van der Waals surface area contributed by atoms with Crippen molar-refractivity contribution in [3.8, 4) is 0 Å². The summed E-state index contributed by atoms with van der Waals surface area (Å²) in [5.74, 6) is 0. The maximum atomic E-state index is 12.8. The molecule has 0 aromatic carbocycles. The van der Waals surface area contributed by atoms with Crippen molar-refractivity contribution >= 4 is 10.0 Å². The monoisotopic (exact) mass is 301 g/mol. The number of nitrogens with zero attached hydrogens (tertiary/aromatic N) is 3. The first kappa shape index (κ1) is 15.5. The van der Waals surface area contributed by atoms with E-state index in [1.807, 2.05) is 27.7 Å². The summed E-state index contributed by atoms with van der Waals surface area (Å²) < 4.78 is 34.3. The maximum absolute atomic E-state index is 12.8. The molecule has 0 aliphatic carbocycles. The van der Waals surface area contributed by atoms with Gasteiger partial charge >= 0.3 is 0 Å². The molecule has 114 valence electrons. The van der Waals surface area contributed by atoms with E-state index in [1.165, 1.54) is 4.31 Å². The van der Waals surface area contributed by atoms with Crippen LogP contribution in [-0.2, 0) is 14.8 Å². The summed E-state index contributed by atoms with van der Waals surface area (Å²) >= 11 is 0. The van der Waals surface area contributed by atoms with Crippen LogP contribution in [0, 0.1) is 6.92 Å². The van der Waals surface area contributed by atoms with E-state index >= 15 is 0 Å². The minimum atomic E-state index is -3.50. The summed E-state index contributed by atoms with van der Waals surface area (Å²) in [6.45, 7) is 10.2. The summed E-state index contributed by atoms with van der Waals surface area (Å²) in [6.07, 6.45) is 1.45. The first-order valence-electron chi connectivity index (χ1n) is 6.93. The minimum Gasteiger partial charge on any atom is -0.373 e. The van der Waals surface area contributed by atoms with Gasteiger partial charge in [-0.05, 0) is 34.6 Å². The van der Waals surface area contributed by atoms with Gasteiger partial charge in [0.1, 0.15) is 4.90 Å². The molecule has 0 bridgehead atoms. The van der Waals surface area contributed by atoms with E-state index in [0.29, 0.717) is 23.7 Å². The summed E-state index contributed by atoms with van der Waals surface area (Å²) in [6, 6.07) is 0.139. The Labute approximate surface area is 120 Å². The Morgan fingerprint density at radius 1 is 1.30 bits per heavy atom. The highest BCUT2D eigenvalue weighted by Crippen LogP contribution is 2.24. The van der Waals surface area contributed by atoms with Crippen LogP contribution in [-0.4, -0.2) is 47.8 Å². The third-order valence-corrected chi connectivity index (χ3v) is 5.34. The van der Waals surface area contributed by atoms with Crippen LogP contribution < -0.4 is 0 Å². The zero-order valence-electron chi connectivity index (χ0n) is 12.7. The third-order valence-electron chi connectivity index (χ3n) is 3.40. The molecule has 1 saturated heterocycles. The Bertz CT molecular complexity index is 570. The molecule has 20 heavy (non-hydrogen) atoms. The fourth-order valence-electron chi connectivity index (χ4n) is 2.45.